The molecule has 19 heavy (non-hydrogen) atoms. The molecule has 1 N–H and O–H groups in total. The van der Waals surface area contributed by atoms with Crippen molar-refractivity contribution in [3.05, 3.63) is 42.0 Å². The Hall–Kier alpha value is -2.36. The fourth-order valence-corrected chi connectivity index (χ4v) is 1.84. The molecule has 0 saturated heterocycles. The first kappa shape index (κ1) is 13.1. The second-order valence-corrected chi connectivity index (χ2v) is 4.18. The first-order valence-electron chi connectivity index (χ1n) is 6.01. The zero-order valence-electron chi connectivity index (χ0n) is 10.6. The van der Waals surface area contributed by atoms with Crippen molar-refractivity contribution in [2.75, 3.05) is 6.61 Å². The number of hydrogen-bond donors (Lipinski definition) is 1. The van der Waals surface area contributed by atoms with E-state index in [1.165, 1.54) is 0 Å². The van der Waals surface area contributed by atoms with Crippen molar-refractivity contribution in [2.24, 2.45) is 0 Å². The van der Waals surface area contributed by atoms with Crippen LogP contribution in [0.2, 0.25) is 0 Å². The van der Waals surface area contributed by atoms with Gasteiger partial charge in [0.15, 0.2) is 12.4 Å². The normalized spacial score (nSPS) is 10.4. The summed E-state index contributed by atoms with van der Waals surface area (Å²) in [5, 5.41) is 10.4. The number of benzene rings is 2. The Labute approximate surface area is 110 Å². The summed E-state index contributed by atoms with van der Waals surface area (Å²) >= 11 is 0. The summed E-state index contributed by atoms with van der Waals surface area (Å²) in [7, 11) is 0. The Bertz CT molecular complexity index is 631. The molecule has 0 saturated carbocycles. The minimum absolute atomic E-state index is 0.105. The maximum absolute atomic E-state index is 11.6. The van der Waals surface area contributed by atoms with Crippen LogP contribution in [0.4, 0.5) is 0 Å². The highest BCUT2D eigenvalue weighted by atomic mass is 16.5. The fourth-order valence-electron chi connectivity index (χ4n) is 1.84. The maximum atomic E-state index is 11.6. The quantitative estimate of drug-likeness (QED) is 0.837. The number of carbonyl (C=O) groups excluding carboxylic acids is 1. The van der Waals surface area contributed by atoms with Crippen molar-refractivity contribution in [1.29, 1.82) is 0 Å². The molecule has 4 heteroatoms. The summed E-state index contributed by atoms with van der Waals surface area (Å²) in [6.45, 7) is 1.47. The average Bonchev–Trinajstić information content (AvgIpc) is 2.43. The van der Waals surface area contributed by atoms with E-state index in [1.807, 2.05) is 25.1 Å². The molecule has 4 nitrogen and oxygen atoms in total. The summed E-state index contributed by atoms with van der Waals surface area (Å²) < 4.78 is 5.11. The summed E-state index contributed by atoms with van der Waals surface area (Å²) in [4.78, 5) is 22.0. The number of Topliss-reactive ketones (excluding diaryl/α,β-unsaturated/α-hetero) is 1. The molecule has 0 atom stereocenters. The molecule has 0 unspecified atom stereocenters. The van der Waals surface area contributed by atoms with Crippen molar-refractivity contribution in [3.8, 4) is 5.75 Å². The van der Waals surface area contributed by atoms with Gasteiger partial charge < -0.3 is 9.84 Å². The number of ether oxygens (including phenoxy) is 1. The van der Waals surface area contributed by atoms with Gasteiger partial charge in [0.1, 0.15) is 5.75 Å². The van der Waals surface area contributed by atoms with Gasteiger partial charge in [-0.25, -0.2) is 4.79 Å². The largest absolute Gasteiger partial charge is 0.482 e. The molecule has 98 valence electrons. The first-order chi connectivity index (χ1) is 9.10. The lowest BCUT2D eigenvalue weighted by Crippen LogP contribution is -2.09. The lowest BCUT2D eigenvalue weighted by molar-refractivity contribution is -0.139. The van der Waals surface area contributed by atoms with Crippen LogP contribution in [0.5, 0.6) is 5.75 Å². The van der Waals surface area contributed by atoms with E-state index >= 15 is 0 Å². The molecule has 2 aromatic rings. The molecule has 0 aliphatic heterocycles. The third kappa shape index (κ3) is 3.10. The topological polar surface area (TPSA) is 63.6 Å². The maximum Gasteiger partial charge on any atom is 0.341 e. The van der Waals surface area contributed by atoms with Gasteiger partial charge in [0.05, 0.1) is 0 Å². The van der Waals surface area contributed by atoms with Gasteiger partial charge in [-0.15, -0.1) is 0 Å². The van der Waals surface area contributed by atoms with E-state index in [2.05, 4.69) is 0 Å². The Morgan fingerprint density at radius 2 is 1.79 bits per heavy atom. The van der Waals surface area contributed by atoms with Crippen LogP contribution in [0.3, 0.4) is 0 Å². The van der Waals surface area contributed by atoms with Gasteiger partial charge in [0.25, 0.3) is 0 Å². The Morgan fingerprint density at radius 1 is 1.11 bits per heavy atom. The molecule has 0 aliphatic rings. The van der Waals surface area contributed by atoms with Crippen LogP contribution < -0.4 is 4.74 Å². The van der Waals surface area contributed by atoms with Crippen LogP contribution in [-0.2, 0) is 4.79 Å². The van der Waals surface area contributed by atoms with Crippen LogP contribution in [0.25, 0.3) is 10.8 Å². The Morgan fingerprint density at radius 3 is 2.47 bits per heavy atom. The standard InChI is InChI=1S/C15H14O4/c1-2-14(16)12-4-3-11-8-13(19-9-15(17)18)6-5-10(11)7-12/h3-8H,2,9H2,1H3,(H,17,18). The molecule has 0 aromatic heterocycles. The van der Waals surface area contributed by atoms with E-state index in [0.717, 1.165) is 10.8 Å². The van der Waals surface area contributed by atoms with Gasteiger partial charge in [-0.1, -0.05) is 25.1 Å². The Kier molecular flexibility index (Phi) is 3.80. The van der Waals surface area contributed by atoms with Gasteiger partial charge in [-0.3, -0.25) is 4.79 Å². The number of rotatable bonds is 5. The van der Waals surface area contributed by atoms with Crippen LogP contribution in [0.1, 0.15) is 23.7 Å². The summed E-state index contributed by atoms with van der Waals surface area (Å²) in [5.74, 6) is -0.401. The van der Waals surface area contributed by atoms with Crippen LogP contribution in [0.15, 0.2) is 36.4 Å². The van der Waals surface area contributed by atoms with Gasteiger partial charge >= 0.3 is 5.97 Å². The molecule has 0 heterocycles. The van der Waals surface area contributed by atoms with Gasteiger partial charge in [-0.05, 0) is 29.0 Å². The second kappa shape index (κ2) is 5.52. The lowest BCUT2D eigenvalue weighted by Gasteiger charge is -2.06. The van der Waals surface area contributed by atoms with Crippen molar-refractivity contribution < 1.29 is 19.4 Å². The first-order valence-corrected chi connectivity index (χ1v) is 6.01. The highest BCUT2D eigenvalue weighted by Gasteiger charge is 2.05. The number of carboxylic acids is 1. The van der Waals surface area contributed by atoms with Crippen molar-refractivity contribution in [3.63, 3.8) is 0 Å². The zero-order chi connectivity index (χ0) is 13.8. The molecule has 0 aliphatic carbocycles. The van der Waals surface area contributed by atoms with Crippen molar-refractivity contribution in [2.45, 2.75) is 13.3 Å². The highest BCUT2D eigenvalue weighted by molar-refractivity contribution is 5.99. The third-order valence-corrected chi connectivity index (χ3v) is 2.82. The molecular formula is C15H14O4. The van der Waals surface area contributed by atoms with E-state index in [9.17, 15) is 9.59 Å². The number of carboxylic acid groups (broad SMARTS) is 1. The van der Waals surface area contributed by atoms with Crippen molar-refractivity contribution >= 4 is 22.5 Å². The fraction of sp³-hybridized carbons (Fsp3) is 0.200. The van der Waals surface area contributed by atoms with Gasteiger partial charge in [-0.2, -0.15) is 0 Å². The van der Waals surface area contributed by atoms with Gasteiger partial charge in [0, 0.05) is 12.0 Å². The molecule has 0 bridgehead atoms. The second-order valence-electron chi connectivity index (χ2n) is 4.18. The molecule has 2 aromatic carbocycles. The highest BCUT2D eigenvalue weighted by Crippen LogP contribution is 2.22. The molecule has 2 rings (SSSR count). The molecule has 0 radical (unpaired) electrons. The van der Waals surface area contributed by atoms with Crippen LogP contribution >= 0.6 is 0 Å². The van der Waals surface area contributed by atoms with E-state index < -0.39 is 5.97 Å². The predicted molar refractivity (Wildman–Crippen MR) is 71.7 cm³/mol. The summed E-state index contributed by atoms with van der Waals surface area (Å²) in [5.41, 5.74) is 0.689. The lowest BCUT2D eigenvalue weighted by atomic mass is 10.0. The number of carbonyl (C=O) groups is 2. The molecule has 0 amide bonds. The van der Waals surface area contributed by atoms with Crippen LogP contribution in [-0.4, -0.2) is 23.5 Å². The predicted octanol–water partition coefficient (Wildman–Crippen LogP) is 2.90. The molecular weight excluding hydrogens is 244 g/mol. The van der Waals surface area contributed by atoms with E-state index in [0.29, 0.717) is 17.7 Å². The minimum Gasteiger partial charge on any atom is -0.482 e. The van der Waals surface area contributed by atoms with E-state index in [-0.39, 0.29) is 12.4 Å². The Balaban J connectivity index is 2.29. The number of fused-ring (bicyclic) bond motifs is 1. The summed E-state index contributed by atoms with van der Waals surface area (Å²) in [6, 6.07) is 10.7. The van der Waals surface area contributed by atoms with Crippen molar-refractivity contribution in [1.82, 2.24) is 0 Å². The number of aliphatic carboxylic acids is 1. The van der Waals surface area contributed by atoms with E-state index in [4.69, 9.17) is 9.84 Å². The summed E-state index contributed by atoms with van der Waals surface area (Å²) in [6.07, 6.45) is 0.477. The average molecular weight is 258 g/mol. The third-order valence-electron chi connectivity index (χ3n) is 2.82. The number of ketones is 1. The van der Waals surface area contributed by atoms with Crippen LogP contribution in [0, 0.1) is 0 Å². The minimum atomic E-state index is -1.01. The SMILES string of the molecule is CCC(=O)c1ccc2cc(OCC(=O)O)ccc2c1. The van der Waals surface area contributed by atoms with Gasteiger partial charge in [0.2, 0.25) is 0 Å². The molecule has 0 spiro atoms. The number of hydrogen-bond acceptors (Lipinski definition) is 3. The van der Waals surface area contributed by atoms with E-state index in [1.54, 1.807) is 18.2 Å². The smallest absolute Gasteiger partial charge is 0.341 e. The monoisotopic (exact) mass is 258 g/mol. The molecule has 0 fully saturated rings. The zero-order valence-corrected chi connectivity index (χ0v) is 10.6.